The molecule has 0 radical (unpaired) electrons. The Morgan fingerprint density at radius 2 is 1.81 bits per heavy atom. The summed E-state index contributed by atoms with van der Waals surface area (Å²) in [5.41, 5.74) is 2.59. The second-order valence-corrected chi connectivity index (χ2v) is 8.31. The molecular formula is C26H28N2O4. The maximum absolute atomic E-state index is 13.0. The van der Waals surface area contributed by atoms with Crippen LogP contribution in [0.25, 0.3) is 22.2 Å². The predicted molar refractivity (Wildman–Crippen MR) is 124 cm³/mol. The van der Waals surface area contributed by atoms with Crippen LogP contribution in [-0.4, -0.2) is 36.6 Å². The van der Waals surface area contributed by atoms with E-state index in [1.165, 1.54) is 6.42 Å². The predicted octanol–water partition coefficient (Wildman–Crippen LogP) is 4.76. The van der Waals surface area contributed by atoms with Crippen molar-refractivity contribution in [3.63, 3.8) is 0 Å². The number of rotatable bonds is 6. The number of benzene rings is 2. The summed E-state index contributed by atoms with van der Waals surface area (Å²) >= 11 is 0. The number of carbonyl (C=O) groups excluding carboxylic acids is 2. The highest BCUT2D eigenvalue weighted by molar-refractivity contribution is 6.05. The molecule has 1 amide bonds. The molecule has 1 saturated carbocycles. The van der Waals surface area contributed by atoms with E-state index >= 15 is 0 Å². The quantitative estimate of drug-likeness (QED) is 0.568. The van der Waals surface area contributed by atoms with E-state index in [1.807, 2.05) is 48.5 Å². The number of nitrogens with zero attached hydrogens (tertiary/aromatic N) is 1. The van der Waals surface area contributed by atoms with E-state index < -0.39 is 5.97 Å². The smallest absolute Gasteiger partial charge is 0.339 e. The van der Waals surface area contributed by atoms with Crippen molar-refractivity contribution in [3.8, 4) is 17.0 Å². The highest BCUT2D eigenvalue weighted by Gasteiger charge is 2.23. The highest BCUT2D eigenvalue weighted by Crippen LogP contribution is 2.27. The van der Waals surface area contributed by atoms with Gasteiger partial charge in [-0.15, -0.1) is 0 Å². The van der Waals surface area contributed by atoms with Gasteiger partial charge in [0, 0.05) is 17.0 Å². The number of amides is 1. The first-order valence-electron chi connectivity index (χ1n) is 11.1. The second kappa shape index (κ2) is 9.81. The van der Waals surface area contributed by atoms with Crippen LogP contribution < -0.4 is 10.1 Å². The third-order valence-corrected chi connectivity index (χ3v) is 6.11. The van der Waals surface area contributed by atoms with Crippen LogP contribution in [-0.2, 0) is 9.53 Å². The van der Waals surface area contributed by atoms with Crippen molar-refractivity contribution in [3.05, 3.63) is 60.2 Å². The molecule has 3 aromatic rings. The fourth-order valence-corrected chi connectivity index (χ4v) is 4.24. The van der Waals surface area contributed by atoms with Gasteiger partial charge in [0.1, 0.15) is 5.75 Å². The Morgan fingerprint density at radius 3 is 2.56 bits per heavy atom. The number of carbonyl (C=O) groups is 2. The number of ether oxygens (including phenoxy) is 2. The first-order valence-corrected chi connectivity index (χ1v) is 11.1. The minimum Gasteiger partial charge on any atom is -0.497 e. The lowest BCUT2D eigenvalue weighted by molar-refractivity contribution is -0.125. The SMILES string of the molecule is COc1ccc(-c2cc(C(=O)OCC(=O)N[C@H]3CCCC[C@@H]3C)c3ccccc3n2)cc1. The summed E-state index contributed by atoms with van der Waals surface area (Å²) in [6, 6.07) is 16.8. The maximum Gasteiger partial charge on any atom is 0.339 e. The topological polar surface area (TPSA) is 77.5 Å². The number of para-hydroxylation sites is 1. The molecule has 32 heavy (non-hydrogen) atoms. The summed E-state index contributed by atoms with van der Waals surface area (Å²) in [6.07, 6.45) is 4.41. The van der Waals surface area contributed by atoms with Crippen LogP contribution in [0.5, 0.6) is 5.75 Å². The molecule has 0 spiro atoms. The molecule has 1 aliphatic rings. The number of hydrogen-bond acceptors (Lipinski definition) is 5. The molecule has 6 heteroatoms. The number of nitrogens with one attached hydrogen (secondary N) is 1. The van der Waals surface area contributed by atoms with Gasteiger partial charge in [-0.25, -0.2) is 9.78 Å². The van der Waals surface area contributed by atoms with Gasteiger partial charge in [0.25, 0.3) is 5.91 Å². The zero-order valence-corrected chi connectivity index (χ0v) is 18.5. The van der Waals surface area contributed by atoms with E-state index in [1.54, 1.807) is 13.2 Å². The van der Waals surface area contributed by atoms with Gasteiger partial charge in [0.15, 0.2) is 6.61 Å². The molecule has 1 heterocycles. The zero-order valence-electron chi connectivity index (χ0n) is 18.5. The number of methoxy groups -OCH3 is 1. The van der Waals surface area contributed by atoms with Gasteiger partial charge in [-0.1, -0.05) is 38.0 Å². The molecule has 4 rings (SSSR count). The van der Waals surface area contributed by atoms with E-state index in [4.69, 9.17) is 14.5 Å². The van der Waals surface area contributed by atoms with Crippen molar-refractivity contribution < 1.29 is 19.1 Å². The van der Waals surface area contributed by atoms with Crippen LogP contribution in [0.15, 0.2) is 54.6 Å². The summed E-state index contributed by atoms with van der Waals surface area (Å²) in [5, 5.41) is 3.71. The zero-order chi connectivity index (χ0) is 22.5. The lowest BCUT2D eigenvalue weighted by Gasteiger charge is -2.29. The standard InChI is InChI=1S/C26H28N2O4/c1-17-7-3-5-9-22(17)28-25(29)16-32-26(30)21-15-24(18-11-13-19(31-2)14-12-18)27-23-10-6-4-8-20(21)23/h4,6,8,10-15,17,22H,3,5,7,9,16H2,1-2H3,(H,28,29)/t17-,22-/m0/s1. The van der Waals surface area contributed by atoms with Crippen molar-refractivity contribution in [1.82, 2.24) is 10.3 Å². The molecule has 1 aromatic heterocycles. The monoisotopic (exact) mass is 432 g/mol. The number of esters is 1. The van der Waals surface area contributed by atoms with Gasteiger partial charge in [0.05, 0.1) is 23.9 Å². The Hall–Kier alpha value is -3.41. The van der Waals surface area contributed by atoms with E-state index in [0.29, 0.717) is 28.1 Å². The lowest BCUT2D eigenvalue weighted by atomic mass is 9.86. The van der Waals surface area contributed by atoms with Crippen molar-refractivity contribution in [2.24, 2.45) is 5.92 Å². The minimum absolute atomic E-state index is 0.151. The number of fused-ring (bicyclic) bond motifs is 1. The van der Waals surface area contributed by atoms with Crippen LogP contribution in [0.2, 0.25) is 0 Å². The maximum atomic E-state index is 13.0. The highest BCUT2D eigenvalue weighted by atomic mass is 16.5. The van der Waals surface area contributed by atoms with Crippen molar-refractivity contribution in [2.45, 2.75) is 38.6 Å². The molecule has 1 fully saturated rings. The second-order valence-electron chi connectivity index (χ2n) is 8.31. The molecule has 0 unspecified atom stereocenters. The van der Waals surface area contributed by atoms with Crippen LogP contribution in [0, 0.1) is 5.92 Å². The molecule has 2 atom stereocenters. The van der Waals surface area contributed by atoms with E-state index in [-0.39, 0.29) is 18.6 Å². The summed E-state index contributed by atoms with van der Waals surface area (Å²) < 4.78 is 10.6. The largest absolute Gasteiger partial charge is 0.497 e. The van der Waals surface area contributed by atoms with Crippen LogP contribution in [0.3, 0.4) is 0 Å². The molecule has 0 aliphatic heterocycles. The molecule has 1 aliphatic carbocycles. The summed E-state index contributed by atoms with van der Waals surface area (Å²) in [6.45, 7) is 1.86. The summed E-state index contributed by atoms with van der Waals surface area (Å²) in [5.74, 6) is 0.392. The molecule has 0 bridgehead atoms. The van der Waals surface area contributed by atoms with E-state index in [0.717, 1.165) is 30.6 Å². The van der Waals surface area contributed by atoms with E-state index in [2.05, 4.69) is 12.2 Å². The first kappa shape index (κ1) is 21.8. The fourth-order valence-electron chi connectivity index (χ4n) is 4.24. The van der Waals surface area contributed by atoms with Crippen LogP contribution in [0.4, 0.5) is 0 Å². The lowest BCUT2D eigenvalue weighted by Crippen LogP contribution is -2.42. The number of pyridine rings is 1. The molecule has 2 aromatic carbocycles. The van der Waals surface area contributed by atoms with Crippen molar-refractivity contribution >= 4 is 22.8 Å². The average Bonchev–Trinajstić information content (AvgIpc) is 2.83. The van der Waals surface area contributed by atoms with Gasteiger partial charge < -0.3 is 14.8 Å². The Morgan fingerprint density at radius 1 is 1.06 bits per heavy atom. The van der Waals surface area contributed by atoms with Gasteiger partial charge >= 0.3 is 5.97 Å². The van der Waals surface area contributed by atoms with Crippen molar-refractivity contribution in [2.75, 3.05) is 13.7 Å². The Bertz CT molecular complexity index is 1110. The molecule has 166 valence electrons. The van der Waals surface area contributed by atoms with E-state index in [9.17, 15) is 9.59 Å². The van der Waals surface area contributed by atoms with Crippen LogP contribution >= 0.6 is 0 Å². The Labute approximate surface area is 187 Å². The average molecular weight is 433 g/mol. The molecule has 0 saturated heterocycles. The molecule has 6 nitrogen and oxygen atoms in total. The van der Waals surface area contributed by atoms with Gasteiger partial charge in [-0.3, -0.25) is 4.79 Å². The third kappa shape index (κ3) is 4.90. The van der Waals surface area contributed by atoms with Crippen LogP contribution in [0.1, 0.15) is 43.0 Å². The summed E-state index contributed by atoms with van der Waals surface area (Å²) in [7, 11) is 1.61. The molecule has 1 N–H and O–H groups in total. The third-order valence-electron chi connectivity index (χ3n) is 6.11. The Kier molecular flexibility index (Phi) is 6.69. The van der Waals surface area contributed by atoms with Gasteiger partial charge in [-0.2, -0.15) is 0 Å². The summed E-state index contributed by atoms with van der Waals surface area (Å²) in [4.78, 5) is 30.0. The normalized spacial score (nSPS) is 18.2. The Balaban J connectivity index is 1.53. The molecular weight excluding hydrogens is 404 g/mol. The van der Waals surface area contributed by atoms with Gasteiger partial charge in [0.2, 0.25) is 0 Å². The fraction of sp³-hybridized carbons (Fsp3) is 0.346. The number of aromatic nitrogens is 1. The van der Waals surface area contributed by atoms with Crippen molar-refractivity contribution in [1.29, 1.82) is 0 Å². The number of hydrogen-bond donors (Lipinski definition) is 1. The van der Waals surface area contributed by atoms with Gasteiger partial charge in [-0.05, 0) is 55.2 Å². The minimum atomic E-state index is -0.537. The first-order chi connectivity index (χ1) is 15.5.